The Morgan fingerprint density at radius 3 is 2.79 bits per heavy atom. The Balaban J connectivity index is 2.36. The summed E-state index contributed by atoms with van der Waals surface area (Å²) in [4.78, 5) is 8.92. The third-order valence-electron chi connectivity index (χ3n) is 2.74. The summed E-state index contributed by atoms with van der Waals surface area (Å²) in [6.45, 7) is 2.14. The summed E-state index contributed by atoms with van der Waals surface area (Å²) in [5.41, 5.74) is 8.33. The van der Waals surface area contributed by atoms with E-state index in [2.05, 4.69) is 16.9 Å². The fourth-order valence-corrected chi connectivity index (χ4v) is 2.01. The number of hydrogen-bond acceptors (Lipinski definition) is 3. The first-order chi connectivity index (χ1) is 6.81. The van der Waals surface area contributed by atoms with Gasteiger partial charge < -0.3 is 5.73 Å². The van der Waals surface area contributed by atoms with E-state index in [9.17, 15) is 0 Å². The zero-order valence-corrected chi connectivity index (χ0v) is 8.71. The van der Waals surface area contributed by atoms with Gasteiger partial charge in [-0.25, -0.2) is 9.97 Å². The van der Waals surface area contributed by atoms with Crippen molar-refractivity contribution in [3.8, 4) is 0 Å². The number of nitrogens with two attached hydrogens (primary N) is 1. The molecule has 1 heterocycles. The molecule has 14 heavy (non-hydrogen) atoms. The summed E-state index contributed by atoms with van der Waals surface area (Å²) in [6.07, 6.45) is 6.64. The highest BCUT2D eigenvalue weighted by Gasteiger charge is 2.15. The maximum Gasteiger partial charge on any atom is 0.131 e. The Bertz CT molecular complexity index is 334. The Hall–Kier alpha value is -1.12. The number of nitrogens with zero attached hydrogens (tertiary/aromatic N) is 2. The van der Waals surface area contributed by atoms with Crippen LogP contribution < -0.4 is 5.73 Å². The molecule has 0 amide bonds. The van der Waals surface area contributed by atoms with Crippen LogP contribution in [0.4, 0.5) is 5.82 Å². The second-order valence-electron chi connectivity index (χ2n) is 3.91. The van der Waals surface area contributed by atoms with Crippen molar-refractivity contribution < 1.29 is 0 Å². The molecule has 3 nitrogen and oxygen atoms in total. The number of fused-ring (bicyclic) bond motifs is 1. The van der Waals surface area contributed by atoms with Crippen molar-refractivity contribution in [2.75, 3.05) is 5.73 Å². The molecule has 2 N–H and O–H groups in total. The van der Waals surface area contributed by atoms with Crippen LogP contribution >= 0.6 is 0 Å². The first kappa shape index (κ1) is 9.44. The maximum absolute atomic E-state index is 5.92. The third-order valence-corrected chi connectivity index (χ3v) is 2.74. The Morgan fingerprint density at radius 1 is 1.21 bits per heavy atom. The molecule has 1 aliphatic carbocycles. The van der Waals surface area contributed by atoms with E-state index in [1.54, 1.807) is 0 Å². The minimum Gasteiger partial charge on any atom is -0.383 e. The van der Waals surface area contributed by atoms with E-state index in [0.29, 0.717) is 0 Å². The molecule has 3 heteroatoms. The van der Waals surface area contributed by atoms with Gasteiger partial charge in [-0.1, -0.05) is 6.92 Å². The monoisotopic (exact) mass is 191 g/mol. The minimum atomic E-state index is 0.721. The SMILES string of the molecule is CCCc1nc(N)c2c(n1)CCCC2. The summed E-state index contributed by atoms with van der Waals surface area (Å²) in [6, 6.07) is 0. The molecule has 0 atom stereocenters. The molecule has 1 aromatic heterocycles. The van der Waals surface area contributed by atoms with Crippen LogP contribution in [0.25, 0.3) is 0 Å². The molecular formula is C11H17N3. The molecule has 76 valence electrons. The van der Waals surface area contributed by atoms with Crippen LogP contribution in [0.1, 0.15) is 43.3 Å². The number of anilines is 1. The fourth-order valence-electron chi connectivity index (χ4n) is 2.01. The van der Waals surface area contributed by atoms with Crippen molar-refractivity contribution in [1.82, 2.24) is 9.97 Å². The smallest absolute Gasteiger partial charge is 0.131 e. The first-order valence-corrected chi connectivity index (χ1v) is 5.45. The molecule has 0 saturated carbocycles. The fraction of sp³-hybridized carbons (Fsp3) is 0.636. The van der Waals surface area contributed by atoms with Crippen LogP contribution in [0.3, 0.4) is 0 Å². The van der Waals surface area contributed by atoms with Gasteiger partial charge in [0.05, 0.1) is 0 Å². The van der Waals surface area contributed by atoms with Gasteiger partial charge in [0.2, 0.25) is 0 Å². The maximum atomic E-state index is 5.92. The van der Waals surface area contributed by atoms with Crippen LogP contribution in [-0.4, -0.2) is 9.97 Å². The van der Waals surface area contributed by atoms with Gasteiger partial charge >= 0.3 is 0 Å². The van der Waals surface area contributed by atoms with Crippen LogP contribution in [0, 0.1) is 0 Å². The van der Waals surface area contributed by atoms with E-state index < -0.39 is 0 Å². The van der Waals surface area contributed by atoms with Crippen molar-refractivity contribution in [3.63, 3.8) is 0 Å². The number of aryl methyl sites for hydroxylation is 2. The average molecular weight is 191 g/mol. The van der Waals surface area contributed by atoms with E-state index in [1.807, 2.05) is 0 Å². The molecule has 2 rings (SSSR count). The van der Waals surface area contributed by atoms with Gasteiger partial charge in [-0.05, 0) is 32.1 Å². The predicted octanol–water partition coefficient (Wildman–Crippen LogP) is 1.89. The highest BCUT2D eigenvalue weighted by Crippen LogP contribution is 2.23. The van der Waals surface area contributed by atoms with Crippen molar-refractivity contribution in [2.45, 2.75) is 45.4 Å². The second-order valence-corrected chi connectivity index (χ2v) is 3.91. The molecule has 0 saturated heterocycles. The molecule has 1 aromatic rings. The number of aromatic nitrogens is 2. The van der Waals surface area contributed by atoms with E-state index >= 15 is 0 Å². The van der Waals surface area contributed by atoms with Crippen molar-refractivity contribution >= 4 is 5.82 Å². The van der Waals surface area contributed by atoms with Crippen molar-refractivity contribution in [2.24, 2.45) is 0 Å². The summed E-state index contributed by atoms with van der Waals surface area (Å²) in [7, 11) is 0. The topological polar surface area (TPSA) is 51.8 Å². The molecule has 0 unspecified atom stereocenters. The molecule has 0 aliphatic heterocycles. The zero-order valence-electron chi connectivity index (χ0n) is 8.71. The average Bonchev–Trinajstić information content (AvgIpc) is 2.18. The van der Waals surface area contributed by atoms with Gasteiger partial charge in [-0.15, -0.1) is 0 Å². The molecule has 0 bridgehead atoms. The lowest BCUT2D eigenvalue weighted by atomic mass is 9.96. The standard InChI is InChI=1S/C11H17N3/c1-2-5-10-13-9-7-4-3-6-8(9)11(12)14-10/h2-7H2,1H3,(H2,12,13,14). The minimum absolute atomic E-state index is 0.721. The van der Waals surface area contributed by atoms with Crippen molar-refractivity contribution in [1.29, 1.82) is 0 Å². The largest absolute Gasteiger partial charge is 0.383 e. The quantitative estimate of drug-likeness (QED) is 0.776. The molecule has 1 aliphatic rings. The van der Waals surface area contributed by atoms with Gasteiger partial charge in [0.1, 0.15) is 11.6 Å². The lowest BCUT2D eigenvalue weighted by molar-refractivity contribution is 0.654. The van der Waals surface area contributed by atoms with E-state index in [-0.39, 0.29) is 0 Å². The normalized spacial score (nSPS) is 15.2. The Labute approximate surface area is 84.8 Å². The van der Waals surface area contributed by atoms with E-state index in [4.69, 9.17) is 5.73 Å². The van der Waals surface area contributed by atoms with Crippen LogP contribution in [0.5, 0.6) is 0 Å². The number of hydrogen-bond donors (Lipinski definition) is 1. The van der Waals surface area contributed by atoms with Gasteiger partial charge in [-0.2, -0.15) is 0 Å². The van der Waals surface area contributed by atoms with Crippen LogP contribution in [-0.2, 0) is 19.3 Å². The molecule has 0 fully saturated rings. The van der Waals surface area contributed by atoms with Crippen LogP contribution in [0.2, 0.25) is 0 Å². The highest BCUT2D eigenvalue weighted by atomic mass is 15.0. The van der Waals surface area contributed by atoms with Crippen molar-refractivity contribution in [3.05, 3.63) is 17.1 Å². The molecular weight excluding hydrogens is 174 g/mol. The third kappa shape index (κ3) is 1.72. The zero-order chi connectivity index (χ0) is 9.97. The van der Waals surface area contributed by atoms with Gasteiger partial charge in [0.25, 0.3) is 0 Å². The molecule has 0 radical (unpaired) electrons. The van der Waals surface area contributed by atoms with E-state index in [0.717, 1.165) is 37.3 Å². The summed E-state index contributed by atoms with van der Waals surface area (Å²) in [5, 5.41) is 0. The van der Waals surface area contributed by atoms with Crippen LogP contribution in [0.15, 0.2) is 0 Å². The highest BCUT2D eigenvalue weighted by molar-refractivity contribution is 5.43. The summed E-state index contributed by atoms with van der Waals surface area (Å²) in [5.74, 6) is 1.64. The Kier molecular flexibility index (Phi) is 2.66. The van der Waals surface area contributed by atoms with Gasteiger partial charge in [0, 0.05) is 17.7 Å². The number of nitrogen functional groups attached to an aromatic ring is 1. The summed E-state index contributed by atoms with van der Waals surface area (Å²) >= 11 is 0. The lowest BCUT2D eigenvalue weighted by Gasteiger charge is -2.16. The molecule has 0 spiro atoms. The molecule has 0 aromatic carbocycles. The second kappa shape index (κ2) is 3.95. The number of rotatable bonds is 2. The first-order valence-electron chi connectivity index (χ1n) is 5.45. The van der Waals surface area contributed by atoms with Gasteiger partial charge in [0.15, 0.2) is 0 Å². The predicted molar refractivity (Wildman–Crippen MR) is 57.1 cm³/mol. The lowest BCUT2D eigenvalue weighted by Crippen LogP contribution is -2.13. The Morgan fingerprint density at radius 2 is 2.00 bits per heavy atom. The summed E-state index contributed by atoms with van der Waals surface area (Å²) < 4.78 is 0. The van der Waals surface area contributed by atoms with E-state index in [1.165, 1.54) is 24.1 Å². The van der Waals surface area contributed by atoms with Gasteiger partial charge in [-0.3, -0.25) is 0 Å².